The van der Waals surface area contributed by atoms with Crippen LogP contribution >= 0.6 is 11.8 Å². The Labute approximate surface area is 233 Å². The molecule has 2 aromatic rings. The molecule has 4 rings (SSSR count). The van der Waals surface area contributed by atoms with Gasteiger partial charge in [-0.1, -0.05) is 39.0 Å². The van der Waals surface area contributed by atoms with Gasteiger partial charge in [-0.25, -0.2) is 0 Å². The largest absolute Gasteiger partial charge is 0.493 e. The van der Waals surface area contributed by atoms with Crippen molar-refractivity contribution in [2.45, 2.75) is 26.2 Å². The lowest BCUT2D eigenvalue weighted by Gasteiger charge is -2.28. The number of carbonyl (C=O) groups is 3. The minimum absolute atomic E-state index is 0.0843. The summed E-state index contributed by atoms with van der Waals surface area (Å²) < 4.78 is 22.4. The van der Waals surface area contributed by atoms with Crippen molar-refractivity contribution in [3.63, 3.8) is 0 Å². The van der Waals surface area contributed by atoms with E-state index in [1.165, 1.54) is 12.7 Å². The van der Waals surface area contributed by atoms with Crippen LogP contribution in [0, 0.1) is 0 Å². The number of methoxy groups -OCH3 is 1. The maximum atomic E-state index is 12.9. The third kappa shape index (κ3) is 7.33. The molecule has 2 aromatic carbocycles. The number of benzene rings is 2. The Balaban J connectivity index is 1.32. The maximum Gasteiger partial charge on any atom is 0.294 e. The highest BCUT2D eigenvalue weighted by molar-refractivity contribution is 8.18. The molecule has 0 spiro atoms. The summed E-state index contributed by atoms with van der Waals surface area (Å²) in [6.45, 7) is 8.71. The lowest BCUT2D eigenvalue weighted by molar-refractivity contribution is -0.139. The summed E-state index contributed by atoms with van der Waals surface area (Å²) >= 11 is 0.814. The lowest BCUT2D eigenvalue weighted by atomic mass is 9.87. The molecule has 0 atom stereocenters. The zero-order valence-electron chi connectivity index (χ0n) is 22.7. The fraction of sp³-hybridized carbons (Fsp3) is 0.414. The molecule has 2 aliphatic heterocycles. The number of nitrogens with zero attached hydrogens (tertiary/aromatic N) is 2. The SMILES string of the molecule is COc1cc(/C=C2\SC(=O)N(CC(=O)N3CCOCC3)C2=O)ccc1OCCOc1ccc(C(C)(C)C)cc1. The minimum atomic E-state index is -0.487. The van der Waals surface area contributed by atoms with Crippen LogP contribution in [0.15, 0.2) is 47.4 Å². The smallest absolute Gasteiger partial charge is 0.294 e. The molecule has 2 fully saturated rings. The van der Waals surface area contributed by atoms with Gasteiger partial charge in [-0.05, 0) is 58.6 Å². The van der Waals surface area contributed by atoms with Crippen molar-refractivity contribution in [1.82, 2.24) is 9.80 Å². The van der Waals surface area contributed by atoms with Gasteiger partial charge in [-0.3, -0.25) is 19.3 Å². The summed E-state index contributed by atoms with van der Waals surface area (Å²) in [5.74, 6) is 1.04. The molecule has 3 amide bonds. The fourth-order valence-corrected chi connectivity index (χ4v) is 4.93. The van der Waals surface area contributed by atoms with Crippen LogP contribution in [0.1, 0.15) is 31.9 Å². The van der Waals surface area contributed by atoms with Crippen molar-refractivity contribution >= 4 is 34.9 Å². The molecule has 9 nitrogen and oxygen atoms in total. The van der Waals surface area contributed by atoms with Crippen LogP contribution in [0.5, 0.6) is 17.2 Å². The van der Waals surface area contributed by atoms with Gasteiger partial charge >= 0.3 is 0 Å². The average molecular weight is 555 g/mol. The van der Waals surface area contributed by atoms with E-state index >= 15 is 0 Å². The van der Waals surface area contributed by atoms with Crippen molar-refractivity contribution in [1.29, 1.82) is 0 Å². The molecule has 0 bridgehead atoms. The van der Waals surface area contributed by atoms with Crippen molar-refractivity contribution < 1.29 is 33.3 Å². The van der Waals surface area contributed by atoms with Gasteiger partial charge < -0.3 is 23.8 Å². The molecule has 0 radical (unpaired) electrons. The quantitative estimate of drug-likeness (QED) is 0.334. The molecule has 10 heteroatoms. The van der Waals surface area contributed by atoms with E-state index in [0.717, 1.165) is 22.4 Å². The summed E-state index contributed by atoms with van der Waals surface area (Å²) in [4.78, 5) is 40.7. The minimum Gasteiger partial charge on any atom is -0.493 e. The van der Waals surface area contributed by atoms with Gasteiger partial charge in [0, 0.05) is 13.1 Å². The van der Waals surface area contributed by atoms with E-state index in [-0.39, 0.29) is 22.8 Å². The number of ether oxygens (including phenoxy) is 4. The molecule has 208 valence electrons. The van der Waals surface area contributed by atoms with E-state index < -0.39 is 11.1 Å². The van der Waals surface area contributed by atoms with Gasteiger partial charge in [0.15, 0.2) is 11.5 Å². The monoisotopic (exact) mass is 554 g/mol. The number of thioether (sulfide) groups is 1. The standard InChI is InChI=1S/C29H34N2O7S/c1-29(2,3)21-6-8-22(9-7-21)37-15-16-38-23-10-5-20(17-24(23)35-4)18-25-27(33)31(28(34)39-25)19-26(32)30-11-13-36-14-12-30/h5-10,17-18H,11-16,19H2,1-4H3/b25-18-. The van der Waals surface area contributed by atoms with Crippen molar-refractivity contribution in [3.05, 3.63) is 58.5 Å². The third-order valence-corrected chi connectivity index (χ3v) is 7.25. The van der Waals surface area contributed by atoms with Gasteiger partial charge in [0.1, 0.15) is 25.5 Å². The molecule has 2 aliphatic rings. The summed E-state index contributed by atoms with van der Waals surface area (Å²) in [7, 11) is 1.53. The Hall–Kier alpha value is -3.50. The fourth-order valence-electron chi connectivity index (χ4n) is 4.09. The second kappa shape index (κ2) is 12.6. The molecular weight excluding hydrogens is 520 g/mol. The van der Waals surface area contributed by atoms with E-state index in [1.54, 1.807) is 29.2 Å². The Bertz CT molecular complexity index is 1230. The van der Waals surface area contributed by atoms with Crippen LogP contribution in [-0.4, -0.2) is 80.0 Å². The highest BCUT2D eigenvalue weighted by atomic mass is 32.2. The molecular formula is C29H34N2O7S. The van der Waals surface area contributed by atoms with E-state index in [1.807, 2.05) is 12.1 Å². The highest BCUT2D eigenvalue weighted by Gasteiger charge is 2.37. The topological polar surface area (TPSA) is 94.6 Å². The first-order chi connectivity index (χ1) is 18.7. The summed E-state index contributed by atoms with van der Waals surface area (Å²) in [5.41, 5.74) is 1.99. The van der Waals surface area contributed by atoms with Gasteiger partial charge in [0.2, 0.25) is 5.91 Å². The van der Waals surface area contributed by atoms with Crippen LogP contribution in [0.2, 0.25) is 0 Å². The van der Waals surface area contributed by atoms with Gasteiger partial charge in [-0.15, -0.1) is 0 Å². The molecule has 0 N–H and O–H groups in total. The number of hydrogen-bond acceptors (Lipinski definition) is 8. The summed E-state index contributed by atoms with van der Waals surface area (Å²) in [5, 5.41) is -0.465. The summed E-state index contributed by atoms with van der Waals surface area (Å²) in [6, 6.07) is 13.3. The lowest BCUT2D eigenvalue weighted by Crippen LogP contribution is -2.46. The van der Waals surface area contributed by atoms with Crippen LogP contribution in [0.4, 0.5) is 4.79 Å². The first-order valence-corrected chi connectivity index (χ1v) is 13.6. The predicted molar refractivity (Wildman–Crippen MR) is 149 cm³/mol. The van der Waals surface area contributed by atoms with Gasteiger partial charge in [0.05, 0.1) is 25.2 Å². The highest BCUT2D eigenvalue weighted by Crippen LogP contribution is 2.34. The molecule has 0 saturated carbocycles. The molecule has 0 aliphatic carbocycles. The van der Waals surface area contributed by atoms with Crippen molar-refractivity contribution in [2.75, 3.05) is 53.2 Å². The Morgan fingerprint density at radius 1 is 1.00 bits per heavy atom. The maximum absolute atomic E-state index is 12.9. The predicted octanol–water partition coefficient (Wildman–Crippen LogP) is 4.35. The molecule has 2 saturated heterocycles. The number of hydrogen-bond donors (Lipinski definition) is 0. The third-order valence-electron chi connectivity index (χ3n) is 6.35. The number of imide groups is 1. The molecule has 2 heterocycles. The first-order valence-electron chi connectivity index (χ1n) is 12.8. The Morgan fingerprint density at radius 2 is 1.69 bits per heavy atom. The van der Waals surface area contributed by atoms with Crippen molar-refractivity contribution in [3.8, 4) is 17.2 Å². The van der Waals surface area contributed by atoms with Gasteiger partial charge in [-0.2, -0.15) is 0 Å². The summed E-state index contributed by atoms with van der Waals surface area (Å²) in [6.07, 6.45) is 1.61. The van der Waals surface area contributed by atoms with E-state index in [0.29, 0.717) is 56.6 Å². The van der Waals surface area contributed by atoms with Gasteiger partial charge in [0.25, 0.3) is 11.1 Å². The Morgan fingerprint density at radius 3 is 2.36 bits per heavy atom. The average Bonchev–Trinajstić information content (AvgIpc) is 3.19. The normalized spacial score (nSPS) is 17.1. The number of amides is 3. The second-order valence-corrected chi connectivity index (χ2v) is 11.1. The zero-order chi connectivity index (χ0) is 28.0. The van der Waals surface area contributed by atoms with E-state index in [9.17, 15) is 14.4 Å². The van der Waals surface area contributed by atoms with Crippen molar-refractivity contribution in [2.24, 2.45) is 0 Å². The molecule has 39 heavy (non-hydrogen) atoms. The number of carbonyl (C=O) groups excluding carboxylic acids is 3. The van der Waals surface area contributed by atoms with E-state index in [2.05, 4.69) is 32.9 Å². The second-order valence-electron chi connectivity index (χ2n) is 10.1. The van der Waals surface area contributed by atoms with Crippen LogP contribution in [0.25, 0.3) is 6.08 Å². The van der Waals surface area contributed by atoms with Crippen LogP contribution in [0.3, 0.4) is 0 Å². The van der Waals surface area contributed by atoms with Crippen LogP contribution < -0.4 is 14.2 Å². The number of rotatable bonds is 9. The number of morpholine rings is 1. The first kappa shape index (κ1) is 28.5. The molecule has 0 aromatic heterocycles. The molecule has 0 unspecified atom stereocenters. The zero-order valence-corrected chi connectivity index (χ0v) is 23.5. The Kier molecular flexibility index (Phi) is 9.19. The van der Waals surface area contributed by atoms with Crippen LogP contribution in [-0.2, 0) is 19.7 Å². The van der Waals surface area contributed by atoms with E-state index in [4.69, 9.17) is 18.9 Å².